The Bertz CT molecular complexity index is 460. The lowest BCUT2D eigenvalue weighted by atomic mass is 10.1. The van der Waals surface area contributed by atoms with Crippen LogP contribution in [-0.2, 0) is 0 Å². The van der Waals surface area contributed by atoms with Crippen molar-refractivity contribution in [1.82, 2.24) is 0 Å². The van der Waals surface area contributed by atoms with Crippen LogP contribution in [0.2, 0.25) is 0 Å². The molecule has 1 atom stereocenters. The first-order valence-electron chi connectivity index (χ1n) is 6.11. The van der Waals surface area contributed by atoms with E-state index in [9.17, 15) is 15.2 Å². The molecule has 0 unspecified atom stereocenters. The van der Waals surface area contributed by atoms with Crippen molar-refractivity contribution >= 4 is 21.6 Å². The predicted octanol–water partition coefficient (Wildman–Crippen LogP) is 3.84. The molecule has 0 aliphatic rings. The van der Waals surface area contributed by atoms with Crippen molar-refractivity contribution in [2.75, 3.05) is 6.61 Å². The third kappa shape index (κ3) is 4.47. The molecule has 0 aliphatic carbocycles. The van der Waals surface area contributed by atoms with E-state index in [1.165, 1.54) is 6.07 Å². The molecule has 0 bridgehead atoms. The maximum atomic E-state index is 11.1. The van der Waals surface area contributed by atoms with Crippen LogP contribution >= 0.6 is 15.9 Å². The van der Waals surface area contributed by atoms with Gasteiger partial charge in [0.2, 0.25) is 5.75 Å². The number of aliphatic hydroxyl groups excluding tert-OH is 1. The zero-order valence-corrected chi connectivity index (χ0v) is 12.8. The van der Waals surface area contributed by atoms with E-state index in [0.717, 1.165) is 6.42 Å². The molecule has 5 nitrogen and oxygen atoms in total. The Labute approximate surface area is 120 Å². The van der Waals surface area contributed by atoms with Crippen molar-refractivity contribution in [1.29, 1.82) is 0 Å². The second-order valence-electron chi connectivity index (χ2n) is 4.81. The topological polar surface area (TPSA) is 72.6 Å². The number of hydrogen-bond acceptors (Lipinski definition) is 4. The normalized spacial score (nSPS) is 12.5. The average Bonchev–Trinajstić information content (AvgIpc) is 2.29. The van der Waals surface area contributed by atoms with Crippen LogP contribution in [-0.4, -0.2) is 16.6 Å². The van der Waals surface area contributed by atoms with Gasteiger partial charge in [0.05, 0.1) is 17.6 Å². The fourth-order valence-electron chi connectivity index (χ4n) is 1.60. The Morgan fingerprint density at radius 1 is 1.42 bits per heavy atom. The van der Waals surface area contributed by atoms with E-state index in [-0.39, 0.29) is 11.4 Å². The number of halogens is 1. The number of benzene rings is 1. The molecule has 1 N–H and O–H groups in total. The Balaban J connectivity index is 3.12. The first-order valence-corrected chi connectivity index (χ1v) is 6.91. The van der Waals surface area contributed by atoms with Gasteiger partial charge in [0.1, 0.15) is 0 Å². The van der Waals surface area contributed by atoms with Gasteiger partial charge < -0.3 is 9.84 Å². The van der Waals surface area contributed by atoms with E-state index in [4.69, 9.17) is 4.74 Å². The molecular weight excluding hydrogens is 314 g/mol. The van der Waals surface area contributed by atoms with Crippen LogP contribution in [0.4, 0.5) is 5.69 Å². The van der Waals surface area contributed by atoms with Gasteiger partial charge in [-0.3, -0.25) is 10.1 Å². The minimum atomic E-state index is -0.828. The van der Waals surface area contributed by atoms with Gasteiger partial charge in [-0.15, -0.1) is 0 Å². The van der Waals surface area contributed by atoms with Crippen LogP contribution in [0.25, 0.3) is 0 Å². The number of nitro benzene ring substituents is 1. The molecular formula is C13H18BrNO4. The molecule has 0 aliphatic heterocycles. The Morgan fingerprint density at radius 3 is 2.53 bits per heavy atom. The smallest absolute Gasteiger partial charge is 0.312 e. The molecule has 0 amide bonds. The summed E-state index contributed by atoms with van der Waals surface area (Å²) < 4.78 is 6.08. The maximum Gasteiger partial charge on any atom is 0.312 e. The lowest BCUT2D eigenvalue weighted by Crippen LogP contribution is -2.07. The summed E-state index contributed by atoms with van der Waals surface area (Å²) in [5.74, 6) is 0.605. The third-order valence-corrected chi connectivity index (χ3v) is 3.11. The van der Waals surface area contributed by atoms with Crippen LogP contribution in [0.3, 0.4) is 0 Å². The molecule has 0 spiro atoms. The highest BCUT2D eigenvalue weighted by molar-refractivity contribution is 9.10. The SMILES string of the molecule is CC(C)CCOc1c([C@H](C)O)cc(Br)cc1[N+](=O)[O-]. The zero-order valence-electron chi connectivity index (χ0n) is 11.2. The minimum absolute atomic E-state index is 0.131. The molecule has 1 rings (SSSR count). The molecule has 0 radical (unpaired) electrons. The first kappa shape index (κ1) is 15.9. The Hall–Kier alpha value is -1.14. The summed E-state index contributed by atoms with van der Waals surface area (Å²) in [6, 6.07) is 3.03. The van der Waals surface area contributed by atoms with Gasteiger partial charge in [-0.05, 0) is 25.3 Å². The molecule has 0 saturated heterocycles. The average molecular weight is 332 g/mol. The van der Waals surface area contributed by atoms with E-state index in [1.807, 2.05) is 0 Å². The van der Waals surface area contributed by atoms with Gasteiger partial charge >= 0.3 is 5.69 Å². The zero-order chi connectivity index (χ0) is 14.6. The summed E-state index contributed by atoms with van der Waals surface area (Å²) in [7, 11) is 0. The molecule has 106 valence electrons. The molecule has 1 aromatic rings. The fraction of sp³-hybridized carbons (Fsp3) is 0.538. The van der Waals surface area contributed by atoms with Crippen molar-refractivity contribution in [3.05, 3.63) is 32.3 Å². The highest BCUT2D eigenvalue weighted by Gasteiger charge is 2.23. The number of ether oxygens (including phenoxy) is 1. The van der Waals surface area contributed by atoms with Crippen LogP contribution in [0, 0.1) is 16.0 Å². The number of rotatable bonds is 6. The third-order valence-electron chi connectivity index (χ3n) is 2.65. The largest absolute Gasteiger partial charge is 0.487 e. The second kappa shape index (κ2) is 6.86. The standard InChI is InChI=1S/C13H18BrNO4/c1-8(2)4-5-19-13-11(9(3)16)6-10(14)7-12(13)15(17)18/h6-9,16H,4-5H2,1-3H3/t9-/m0/s1. The second-order valence-corrected chi connectivity index (χ2v) is 5.72. The summed E-state index contributed by atoms with van der Waals surface area (Å²) in [5, 5.41) is 20.8. The number of aliphatic hydroxyl groups is 1. The lowest BCUT2D eigenvalue weighted by molar-refractivity contribution is -0.386. The van der Waals surface area contributed by atoms with E-state index in [0.29, 0.717) is 22.6 Å². The highest BCUT2D eigenvalue weighted by Crippen LogP contribution is 2.38. The number of nitrogens with zero attached hydrogens (tertiary/aromatic N) is 1. The molecule has 0 saturated carbocycles. The molecule has 0 heterocycles. The van der Waals surface area contributed by atoms with Gasteiger partial charge in [-0.2, -0.15) is 0 Å². The molecule has 0 aromatic heterocycles. The number of hydrogen-bond donors (Lipinski definition) is 1. The predicted molar refractivity (Wildman–Crippen MR) is 76.4 cm³/mol. The van der Waals surface area contributed by atoms with Gasteiger partial charge in [-0.25, -0.2) is 0 Å². The Kier molecular flexibility index (Phi) is 5.75. The maximum absolute atomic E-state index is 11.1. The summed E-state index contributed by atoms with van der Waals surface area (Å²) >= 11 is 3.20. The number of nitro groups is 1. The van der Waals surface area contributed by atoms with E-state index >= 15 is 0 Å². The first-order chi connectivity index (χ1) is 8.82. The van der Waals surface area contributed by atoms with E-state index in [1.54, 1.807) is 13.0 Å². The van der Waals surface area contributed by atoms with Gasteiger partial charge in [0.25, 0.3) is 0 Å². The molecule has 19 heavy (non-hydrogen) atoms. The molecule has 1 aromatic carbocycles. The van der Waals surface area contributed by atoms with Crippen molar-refractivity contribution in [3.63, 3.8) is 0 Å². The summed E-state index contributed by atoms with van der Waals surface area (Å²) in [4.78, 5) is 10.6. The van der Waals surface area contributed by atoms with Crippen molar-refractivity contribution < 1.29 is 14.8 Å². The molecule has 0 fully saturated rings. The van der Waals surface area contributed by atoms with Crippen LogP contribution in [0.5, 0.6) is 5.75 Å². The highest BCUT2D eigenvalue weighted by atomic mass is 79.9. The monoisotopic (exact) mass is 331 g/mol. The van der Waals surface area contributed by atoms with E-state index < -0.39 is 11.0 Å². The van der Waals surface area contributed by atoms with Gasteiger partial charge in [0, 0.05) is 16.1 Å². The van der Waals surface area contributed by atoms with E-state index in [2.05, 4.69) is 29.8 Å². The van der Waals surface area contributed by atoms with Gasteiger partial charge in [-0.1, -0.05) is 29.8 Å². The Morgan fingerprint density at radius 2 is 2.05 bits per heavy atom. The van der Waals surface area contributed by atoms with Crippen LogP contribution in [0.15, 0.2) is 16.6 Å². The van der Waals surface area contributed by atoms with Gasteiger partial charge in [0.15, 0.2) is 0 Å². The quantitative estimate of drug-likeness (QED) is 0.635. The summed E-state index contributed by atoms with van der Waals surface area (Å²) in [6.07, 6.45) is -0.0304. The lowest BCUT2D eigenvalue weighted by Gasteiger charge is -2.15. The van der Waals surface area contributed by atoms with Crippen LogP contribution < -0.4 is 4.74 Å². The summed E-state index contributed by atoms with van der Waals surface area (Å²) in [6.45, 7) is 6.05. The van der Waals surface area contributed by atoms with Crippen molar-refractivity contribution in [2.45, 2.75) is 33.3 Å². The molecule has 6 heteroatoms. The van der Waals surface area contributed by atoms with Crippen LogP contribution in [0.1, 0.15) is 38.9 Å². The van der Waals surface area contributed by atoms with Crippen molar-refractivity contribution in [2.24, 2.45) is 5.92 Å². The fourth-order valence-corrected chi connectivity index (χ4v) is 2.06. The minimum Gasteiger partial charge on any atom is -0.487 e. The summed E-state index contributed by atoms with van der Waals surface area (Å²) in [5.41, 5.74) is 0.291. The van der Waals surface area contributed by atoms with Crippen molar-refractivity contribution in [3.8, 4) is 5.75 Å².